The van der Waals surface area contributed by atoms with Gasteiger partial charge in [-0.15, -0.1) is 11.3 Å². The highest BCUT2D eigenvalue weighted by molar-refractivity contribution is 7.13. The number of aryl methyl sites for hydroxylation is 1. The average molecular weight is 220 g/mol. The zero-order valence-electron chi connectivity index (χ0n) is 8.51. The molecule has 0 amide bonds. The van der Waals surface area contributed by atoms with Crippen LogP contribution in [0.3, 0.4) is 0 Å². The number of aromatic nitrogens is 2. The molecule has 2 aromatic rings. The number of thiophene rings is 1. The van der Waals surface area contributed by atoms with Gasteiger partial charge in [-0.3, -0.25) is 9.48 Å². The van der Waals surface area contributed by atoms with Gasteiger partial charge in [0.1, 0.15) is 0 Å². The standard InChI is InChI=1S/C11H12N2OS/c1-2-11-9(6-10(8-14)15-11)7-13-5-3-4-12-13/h3-6,8H,2,7H2,1H3. The van der Waals surface area contributed by atoms with Crippen molar-refractivity contribution in [1.82, 2.24) is 9.78 Å². The van der Waals surface area contributed by atoms with Crippen LogP contribution in [0.5, 0.6) is 0 Å². The minimum absolute atomic E-state index is 0.751. The predicted octanol–water partition coefficient (Wildman–Crippen LogP) is 2.37. The molecule has 0 aromatic carbocycles. The van der Waals surface area contributed by atoms with Crippen molar-refractivity contribution in [1.29, 1.82) is 0 Å². The molecule has 0 aliphatic carbocycles. The van der Waals surface area contributed by atoms with Crippen molar-refractivity contribution in [3.8, 4) is 0 Å². The second-order valence-corrected chi connectivity index (χ2v) is 4.44. The molecule has 3 nitrogen and oxygen atoms in total. The van der Waals surface area contributed by atoms with Gasteiger partial charge in [0.2, 0.25) is 0 Å². The number of carbonyl (C=O) groups excluding carboxylic acids is 1. The lowest BCUT2D eigenvalue weighted by Gasteiger charge is -2.01. The molecule has 0 saturated carbocycles. The molecule has 2 rings (SSSR count). The fraction of sp³-hybridized carbons (Fsp3) is 0.273. The maximum Gasteiger partial charge on any atom is 0.160 e. The van der Waals surface area contributed by atoms with E-state index in [-0.39, 0.29) is 0 Å². The van der Waals surface area contributed by atoms with E-state index in [2.05, 4.69) is 12.0 Å². The Kier molecular flexibility index (Phi) is 2.97. The Hall–Kier alpha value is -1.42. The van der Waals surface area contributed by atoms with Crippen LogP contribution in [0.1, 0.15) is 27.0 Å². The van der Waals surface area contributed by atoms with Crippen LogP contribution in [0, 0.1) is 0 Å². The summed E-state index contributed by atoms with van der Waals surface area (Å²) in [7, 11) is 0. The van der Waals surface area contributed by atoms with Gasteiger partial charge in [-0.2, -0.15) is 5.10 Å². The van der Waals surface area contributed by atoms with E-state index in [1.165, 1.54) is 10.4 Å². The third-order valence-electron chi connectivity index (χ3n) is 2.24. The predicted molar refractivity (Wildman–Crippen MR) is 60.4 cm³/mol. The van der Waals surface area contributed by atoms with E-state index in [1.54, 1.807) is 17.5 Å². The van der Waals surface area contributed by atoms with E-state index in [0.717, 1.165) is 24.1 Å². The zero-order valence-corrected chi connectivity index (χ0v) is 9.33. The van der Waals surface area contributed by atoms with E-state index in [9.17, 15) is 4.79 Å². The first-order chi connectivity index (χ1) is 7.33. The molecule has 0 aliphatic heterocycles. The van der Waals surface area contributed by atoms with Crippen LogP contribution in [-0.2, 0) is 13.0 Å². The molecule has 0 bridgehead atoms. The summed E-state index contributed by atoms with van der Waals surface area (Å²) in [5, 5.41) is 4.15. The van der Waals surface area contributed by atoms with Crippen LogP contribution in [0.2, 0.25) is 0 Å². The fourth-order valence-corrected chi connectivity index (χ4v) is 2.48. The summed E-state index contributed by atoms with van der Waals surface area (Å²) in [5.41, 5.74) is 1.20. The van der Waals surface area contributed by atoms with Crippen molar-refractivity contribution >= 4 is 17.6 Å². The molecule has 15 heavy (non-hydrogen) atoms. The number of hydrogen-bond acceptors (Lipinski definition) is 3. The molecular formula is C11H12N2OS. The van der Waals surface area contributed by atoms with Crippen molar-refractivity contribution in [2.45, 2.75) is 19.9 Å². The number of rotatable bonds is 4. The van der Waals surface area contributed by atoms with E-state index in [0.29, 0.717) is 0 Å². The summed E-state index contributed by atoms with van der Waals surface area (Å²) >= 11 is 1.57. The summed E-state index contributed by atoms with van der Waals surface area (Å²) in [6.45, 7) is 2.85. The molecule has 0 fully saturated rings. The van der Waals surface area contributed by atoms with Crippen molar-refractivity contribution in [2.75, 3.05) is 0 Å². The molecule has 0 spiro atoms. The van der Waals surface area contributed by atoms with Gasteiger partial charge in [0.05, 0.1) is 11.4 Å². The summed E-state index contributed by atoms with van der Waals surface area (Å²) in [6, 6.07) is 3.86. The van der Waals surface area contributed by atoms with Gasteiger partial charge in [-0.05, 0) is 24.1 Å². The van der Waals surface area contributed by atoms with Crippen molar-refractivity contribution in [2.24, 2.45) is 0 Å². The summed E-state index contributed by atoms with van der Waals surface area (Å²) < 4.78 is 1.87. The first kappa shape index (κ1) is 10.1. The van der Waals surface area contributed by atoms with E-state index in [4.69, 9.17) is 0 Å². The minimum Gasteiger partial charge on any atom is -0.297 e. The van der Waals surface area contributed by atoms with Crippen LogP contribution in [0.4, 0.5) is 0 Å². The highest BCUT2D eigenvalue weighted by atomic mass is 32.1. The first-order valence-corrected chi connectivity index (χ1v) is 5.69. The van der Waals surface area contributed by atoms with Crippen molar-refractivity contribution in [3.05, 3.63) is 39.8 Å². The highest BCUT2D eigenvalue weighted by Gasteiger charge is 2.07. The zero-order chi connectivity index (χ0) is 10.7. The molecule has 0 aliphatic rings. The van der Waals surface area contributed by atoms with Gasteiger partial charge >= 0.3 is 0 Å². The molecule has 4 heteroatoms. The average Bonchev–Trinajstić information content (AvgIpc) is 2.87. The van der Waals surface area contributed by atoms with E-state index < -0.39 is 0 Å². The maximum atomic E-state index is 10.7. The first-order valence-electron chi connectivity index (χ1n) is 4.87. The van der Waals surface area contributed by atoms with Gasteiger partial charge in [0.15, 0.2) is 6.29 Å². The van der Waals surface area contributed by atoms with Crippen molar-refractivity contribution in [3.63, 3.8) is 0 Å². The highest BCUT2D eigenvalue weighted by Crippen LogP contribution is 2.22. The topological polar surface area (TPSA) is 34.9 Å². The van der Waals surface area contributed by atoms with Gasteiger partial charge in [0.25, 0.3) is 0 Å². The van der Waals surface area contributed by atoms with Gasteiger partial charge < -0.3 is 0 Å². The van der Waals surface area contributed by atoms with Crippen LogP contribution in [-0.4, -0.2) is 16.1 Å². The molecule has 0 atom stereocenters. The molecule has 0 N–H and O–H groups in total. The Morgan fingerprint density at radius 1 is 1.60 bits per heavy atom. The number of nitrogens with zero attached hydrogens (tertiary/aromatic N) is 2. The Morgan fingerprint density at radius 3 is 3.07 bits per heavy atom. The monoisotopic (exact) mass is 220 g/mol. The Morgan fingerprint density at radius 2 is 2.47 bits per heavy atom. The van der Waals surface area contributed by atoms with Gasteiger partial charge in [0, 0.05) is 17.3 Å². The molecule has 2 aromatic heterocycles. The Labute approximate surface area is 92.4 Å². The van der Waals surface area contributed by atoms with Crippen LogP contribution < -0.4 is 0 Å². The normalized spacial score (nSPS) is 10.5. The summed E-state index contributed by atoms with van der Waals surface area (Å²) in [6.07, 6.45) is 5.57. The lowest BCUT2D eigenvalue weighted by Crippen LogP contribution is -2.00. The quantitative estimate of drug-likeness (QED) is 0.741. The Bertz CT molecular complexity index is 445. The lowest BCUT2D eigenvalue weighted by atomic mass is 10.2. The molecule has 2 heterocycles. The number of carbonyl (C=O) groups is 1. The molecular weight excluding hydrogens is 208 g/mol. The van der Waals surface area contributed by atoms with Crippen molar-refractivity contribution < 1.29 is 4.79 Å². The second kappa shape index (κ2) is 4.40. The summed E-state index contributed by atoms with van der Waals surface area (Å²) in [5.74, 6) is 0. The molecule has 0 radical (unpaired) electrons. The van der Waals surface area contributed by atoms with Crippen LogP contribution >= 0.6 is 11.3 Å². The van der Waals surface area contributed by atoms with Crippen LogP contribution in [0.15, 0.2) is 24.5 Å². The largest absolute Gasteiger partial charge is 0.297 e. The van der Waals surface area contributed by atoms with E-state index in [1.807, 2.05) is 23.0 Å². The number of aldehydes is 1. The Balaban J connectivity index is 2.26. The summed E-state index contributed by atoms with van der Waals surface area (Å²) in [4.78, 5) is 12.7. The molecule has 0 saturated heterocycles. The number of hydrogen-bond donors (Lipinski definition) is 0. The third kappa shape index (κ3) is 2.15. The third-order valence-corrected chi connectivity index (χ3v) is 3.49. The van der Waals surface area contributed by atoms with Crippen LogP contribution in [0.25, 0.3) is 0 Å². The van der Waals surface area contributed by atoms with E-state index >= 15 is 0 Å². The SMILES string of the molecule is CCc1sc(C=O)cc1Cn1cccn1. The minimum atomic E-state index is 0.751. The molecule has 78 valence electrons. The van der Waals surface area contributed by atoms with Gasteiger partial charge in [-0.25, -0.2) is 0 Å². The lowest BCUT2D eigenvalue weighted by molar-refractivity contribution is 0.112. The smallest absolute Gasteiger partial charge is 0.160 e. The second-order valence-electron chi connectivity index (χ2n) is 3.27. The maximum absolute atomic E-state index is 10.7. The van der Waals surface area contributed by atoms with Gasteiger partial charge in [-0.1, -0.05) is 6.92 Å². The molecule has 0 unspecified atom stereocenters. The fourth-order valence-electron chi connectivity index (χ4n) is 1.55.